The van der Waals surface area contributed by atoms with E-state index in [0.717, 1.165) is 6.42 Å². The highest BCUT2D eigenvalue weighted by atomic mass is 16.3. The van der Waals surface area contributed by atoms with Crippen molar-refractivity contribution in [3.05, 3.63) is 11.8 Å². The number of aliphatic hydroxyl groups excluding tert-OH is 1. The second-order valence-electron chi connectivity index (χ2n) is 3.41. The molecule has 0 aromatic carbocycles. The fourth-order valence-corrected chi connectivity index (χ4v) is 1.98. The Balaban J connectivity index is 2.41. The van der Waals surface area contributed by atoms with Gasteiger partial charge >= 0.3 is 0 Å². The van der Waals surface area contributed by atoms with Gasteiger partial charge in [0, 0.05) is 6.08 Å². The minimum Gasteiger partial charge on any atom is -0.511 e. The smallest absolute Gasteiger partial charge is 0.169 e. The molecule has 0 amide bonds. The minimum absolute atomic E-state index is 0.0269. The number of Topliss-reactive ketones (excluding diaryl/α,β-unsaturated/α-hetero) is 1. The van der Waals surface area contributed by atoms with E-state index in [9.17, 15) is 14.7 Å². The first-order valence-corrected chi connectivity index (χ1v) is 4.18. The topological polar surface area (TPSA) is 54.4 Å². The number of carbonyl (C=O) groups is 2. The lowest BCUT2D eigenvalue weighted by Crippen LogP contribution is -2.38. The Morgan fingerprint density at radius 1 is 1.25 bits per heavy atom. The predicted molar refractivity (Wildman–Crippen MR) is 41.6 cm³/mol. The van der Waals surface area contributed by atoms with Crippen molar-refractivity contribution in [1.82, 2.24) is 0 Å². The second kappa shape index (κ2) is 2.44. The molecule has 0 aromatic heterocycles. The van der Waals surface area contributed by atoms with E-state index in [1.54, 1.807) is 0 Å². The van der Waals surface area contributed by atoms with Crippen LogP contribution >= 0.6 is 0 Å². The number of aliphatic hydroxyl groups is 1. The lowest BCUT2D eigenvalue weighted by molar-refractivity contribution is -0.136. The molecular formula is C9H10O3. The molecule has 3 heteroatoms. The van der Waals surface area contributed by atoms with E-state index < -0.39 is 5.92 Å². The van der Waals surface area contributed by atoms with Crippen molar-refractivity contribution < 1.29 is 14.7 Å². The number of hydrogen-bond donors (Lipinski definition) is 1. The van der Waals surface area contributed by atoms with Gasteiger partial charge < -0.3 is 5.11 Å². The molecule has 2 unspecified atom stereocenters. The highest BCUT2D eigenvalue weighted by Gasteiger charge is 2.40. The van der Waals surface area contributed by atoms with E-state index in [2.05, 4.69) is 0 Å². The Hall–Kier alpha value is -1.12. The number of ketones is 2. The molecule has 2 aliphatic carbocycles. The van der Waals surface area contributed by atoms with Gasteiger partial charge in [0.25, 0.3) is 0 Å². The lowest BCUT2D eigenvalue weighted by Gasteiger charge is -2.29. The largest absolute Gasteiger partial charge is 0.511 e. The summed E-state index contributed by atoms with van der Waals surface area (Å²) in [4.78, 5) is 22.6. The molecule has 0 spiro atoms. The van der Waals surface area contributed by atoms with Gasteiger partial charge in [-0.1, -0.05) is 6.42 Å². The van der Waals surface area contributed by atoms with Crippen LogP contribution in [0.5, 0.6) is 0 Å². The van der Waals surface area contributed by atoms with Gasteiger partial charge in [0.05, 0.1) is 11.8 Å². The average Bonchev–Trinajstić information content (AvgIpc) is 2.01. The van der Waals surface area contributed by atoms with Crippen molar-refractivity contribution in [3.63, 3.8) is 0 Å². The number of carbonyl (C=O) groups excluding carboxylic acids is 2. The maximum Gasteiger partial charge on any atom is 0.169 e. The summed E-state index contributed by atoms with van der Waals surface area (Å²) < 4.78 is 0. The quantitative estimate of drug-likeness (QED) is 0.546. The molecule has 2 atom stereocenters. The zero-order valence-corrected chi connectivity index (χ0v) is 6.62. The first-order chi connectivity index (χ1) is 5.70. The van der Waals surface area contributed by atoms with E-state index in [4.69, 9.17) is 0 Å². The Kier molecular flexibility index (Phi) is 1.53. The van der Waals surface area contributed by atoms with Crippen LogP contribution in [-0.2, 0) is 9.59 Å². The molecule has 1 fully saturated rings. The molecular weight excluding hydrogens is 156 g/mol. The molecule has 2 rings (SSSR count). The van der Waals surface area contributed by atoms with Gasteiger partial charge in [-0.25, -0.2) is 0 Å². The first kappa shape index (κ1) is 7.53. The summed E-state index contributed by atoms with van der Waals surface area (Å²) in [6.07, 6.45) is 3.45. The highest BCUT2D eigenvalue weighted by molar-refractivity contribution is 6.12. The van der Waals surface area contributed by atoms with Gasteiger partial charge in [-0.15, -0.1) is 0 Å². The van der Waals surface area contributed by atoms with Gasteiger partial charge in [-0.3, -0.25) is 9.59 Å². The molecule has 2 aliphatic rings. The van der Waals surface area contributed by atoms with Gasteiger partial charge in [0.15, 0.2) is 11.6 Å². The second-order valence-corrected chi connectivity index (χ2v) is 3.41. The van der Waals surface area contributed by atoms with Crippen molar-refractivity contribution in [3.8, 4) is 0 Å². The lowest BCUT2D eigenvalue weighted by atomic mass is 9.73. The van der Waals surface area contributed by atoms with Crippen LogP contribution in [0.15, 0.2) is 11.8 Å². The van der Waals surface area contributed by atoms with Crippen LogP contribution in [-0.4, -0.2) is 16.7 Å². The van der Waals surface area contributed by atoms with Crippen LogP contribution < -0.4 is 0 Å². The standard InChI is InChI=1S/C9H10O3/c10-7-4-8(11)6-3-1-2-5(7)9(6)12/h4-6,10H,1-3H2. The molecule has 0 aliphatic heterocycles. The number of fused-ring (bicyclic) bond motifs is 2. The van der Waals surface area contributed by atoms with Crippen molar-refractivity contribution in [2.45, 2.75) is 19.3 Å². The maximum absolute atomic E-state index is 11.4. The van der Waals surface area contributed by atoms with Crippen LogP contribution in [0.2, 0.25) is 0 Å². The van der Waals surface area contributed by atoms with Crippen molar-refractivity contribution >= 4 is 11.6 Å². The minimum atomic E-state index is -0.445. The molecule has 1 N–H and O–H groups in total. The van der Waals surface area contributed by atoms with Gasteiger partial charge in [-0.2, -0.15) is 0 Å². The summed E-state index contributed by atoms with van der Waals surface area (Å²) in [5, 5.41) is 9.28. The third kappa shape index (κ3) is 0.891. The van der Waals surface area contributed by atoms with E-state index in [-0.39, 0.29) is 23.2 Å². The SMILES string of the molecule is O=C1C=C(O)C2CCCC1C2=O. The van der Waals surface area contributed by atoms with Crippen LogP contribution in [0.3, 0.4) is 0 Å². The van der Waals surface area contributed by atoms with Crippen LogP contribution in [0.1, 0.15) is 19.3 Å². The summed E-state index contributed by atoms with van der Waals surface area (Å²) in [6, 6.07) is 0. The maximum atomic E-state index is 11.4. The summed E-state index contributed by atoms with van der Waals surface area (Å²) in [5.41, 5.74) is 0. The Morgan fingerprint density at radius 2 is 1.92 bits per heavy atom. The molecule has 0 heterocycles. The summed E-state index contributed by atoms with van der Waals surface area (Å²) in [5.74, 6) is -1.14. The third-order valence-corrected chi connectivity index (χ3v) is 2.66. The molecule has 1 saturated carbocycles. The van der Waals surface area contributed by atoms with Gasteiger partial charge in [0.1, 0.15) is 5.76 Å². The van der Waals surface area contributed by atoms with Crippen LogP contribution in [0, 0.1) is 11.8 Å². The van der Waals surface area contributed by atoms with Gasteiger partial charge in [0.2, 0.25) is 0 Å². The highest BCUT2D eigenvalue weighted by Crippen LogP contribution is 2.34. The van der Waals surface area contributed by atoms with E-state index in [0.29, 0.717) is 12.8 Å². The average molecular weight is 166 g/mol. The molecule has 3 nitrogen and oxygen atoms in total. The Labute approximate surface area is 70.1 Å². The molecule has 0 radical (unpaired) electrons. The zero-order chi connectivity index (χ0) is 8.72. The zero-order valence-electron chi connectivity index (χ0n) is 6.62. The molecule has 0 aromatic rings. The predicted octanol–water partition coefficient (Wildman–Crippen LogP) is 0.996. The van der Waals surface area contributed by atoms with E-state index in [1.165, 1.54) is 6.08 Å². The van der Waals surface area contributed by atoms with Crippen molar-refractivity contribution in [1.29, 1.82) is 0 Å². The van der Waals surface area contributed by atoms with E-state index >= 15 is 0 Å². The summed E-state index contributed by atoms with van der Waals surface area (Å²) in [6.45, 7) is 0. The third-order valence-electron chi connectivity index (χ3n) is 2.66. The summed E-state index contributed by atoms with van der Waals surface area (Å²) >= 11 is 0. The molecule has 12 heavy (non-hydrogen) atoms. The monoisotopic (exact) mass is 166 g/mol. The fourth-order valence-electron chi connectivity index (χ4n) is 1.98. The number of rotatable bonds is 0. The fraction of sp³-hybridized carbons (Fsp3) is 0.556. The van der Waals surface area contributed by atoms with E-state index in [1.807, 2.05) is 0 Å². The van der Waals surface area contributed by atoms with Crippen molar-refractivity contribution in [2.24, 2.45) is 11.8 Å². The Bertz CT molecular complexity index is 277. The normalized spacial score (nSPS) is 34.8. The van der Waals surface area contributed by atoms with Crippen LogP contribution in [0.4, 0.5) is 0 Å². The molecule has 2 bridgehead atoms. The molecule has 64 valence electrons. The van der Waals surface area contributed by atoms with Crippen LogP contribution in [0.25, 0.3) is 0 Å². The number of allylic oxidation sites excluding steroid dienone is 2. The first-order valence-electron chi connectivity index (χ1n) is 4.18. The molecule has 0 saturated heterocycles. The number of hydrogen-bond acceptors (Lipinski definition) is 3. The van der Waals surface area contributed by atoms with Gasteiger partial charge in [-0.05, 0) is 12.8 Å². The summed E-state index contributed by atoms with van der Waals surface area (Å²) in [7, 11) is 0. The van der Waals surface area contributed by atoms with Crippen molar-refractivity contribution in [2.75, 3.05) is 0 Å². The Morgan fingerprint density at radius 3 is 2.67 bits per heavy atom.